The Kier molecular flexibility index (Phi) is 6.99. The summed E-state index contributed by atoms with van der Waals surface area (Å²) in [5, 5.41) is 10.4. The average Bonchev–Trinajstić information content (AvgIpc) is 3.07. The minimum atomic E-state index is -0.200. The third-order valence-electron chi connectivity index (χ3n) is 4.92. The van der Waals surface area contributed by atoms with Crippen LogP contribution in [0.3, 0.4) is 0 Å². The van der Waals surface area contributed by atoms with Crippen molar-refractivity contribution in [3.8, 4) is 11.5 Å². The van der Waals surface area contributed by atoms with Crippen molar-refractivity contribution in [1.29, 1.82) is 0 Å². The number of hydrogen-bond donors (Lipinski definition) is 2. The maximum absolute atomic E-state index is 12.8. The number of amides is 1. The van der Waals surface area contributed by atoms with Crippen molar-refractivity contribution in [3.63, 3.8) is 0 Å². The van der Waals surface area contributed by atoms with Crippen molar-refractivity contribution in [2.75, 3.05) is 12.3 Å². The van der Waals surface area contributed by atoms with E-state index in [9.17, 15) is 4.79 Å². The molecule has 2 heterocycles. The van der Waals surface area contributed by atoms with Crippen LogP contribution in [0.4, 0.5) is 0 Å². The fraction of sp³-hybridized carbons (Fsp3) is 0.318. The molecule has 1 aliphatic rings. The molecule has 0 bridgehead atoms. The summed E-state index contributed by atoms with van der Waals surface area (Å²) >= 11 is 3.11. The van der Waals surface area contributed by atoms with Crippen molar-refractivity contribution >= 4 is 29.2 Å². The van der Waals surface area contributed by atoms with Crippen molar-refractivity contribution in [1.82, 2.24) is 20.2 Å². The molecule has 3 aromatic rings. The topological polar surface area (TPSA) is 76.1 Å². The SMILES string of the molecule is Cc1nnsc1CNC[C@@H]1CCS[C@H](c2ccc(Oc3ccccc3)cc2)C(=O)N1. The molecule has 2 aromatic carbocycles. The quantitative estimate of drug-likeness (QED) is 0.576. The first-order valence-corrected chi connectivity index (χ1v) is 11.7. The van der Waals surface area contributed by atoms with Crippen LogP contribution in [0.5, 0.6) is 11.5 Å². The van der Waals surface area contributed by atoms with E-state index < -0.39 is 0 Å². The number of thioether (sulfide) groups is 1. The van der Waals surface area contributed by atoms with E-state index in [-0.39, 0.29) is 17.2 Å². The molecule has 0 spiro atoms. The molecule has 0 unspecified atom stereocenters. The second kappa shape index (κ2) is 10.1. The minimum absolute atomic E-state index is 0.0664. The minimum Gasteiger partial charge on any atom is -0.457 e. The highest BCUT2D eigenvalue weighted by atomic mass is 32.2. The van der Waals surface area contributed by atoms with E-state index in [0.29, 0.717) is 0 Å². The number of benzene rings is 2. The lowest BCUT2D eigenvalue weighted by Gasteiger charge is -2.18. The van der Waals surface area contributed by atoms with Gasteiger partial charge in [0.1, 0.15) is 16.7 Å². The number of nitrogens with one attached hydrogen (secondary N) is 2. The Hall–Kier alpha value is -2.42. The summed E-state index contributed by atoms with van der Waals surface area (Å²) in [6.45, 7) is 3.43. The molecular weight excluding hydrogens is 416 g/mol. The van der Waals surface area contributed by atoms with Crippen molar-refractivity contribution in [3.05, 3.63) is 70.7 Å². The maximum Gasteiger partial charge on any atom is 0.237 e. The first kappa shape index (κ1) is 20.8. The van der Waals surface area contributed by atoms with Gasteiger partial charge in [0.25, 0.3) is 0 Å². The zero-order valence-corrected chi connectivity index (χ0v) is 18.3. The molecule has 30 heavy (non-hydrogen) atoms. The number of nitrogens with zero attached hydrogens (tertiary/aromatic N) is 2. The number of hydrogen-bond acceptors (Lipinski definition) is 7. The Labute approximate surface area is 184 Å². The van der Waals surface area contributed by atoms with E-state index >= 15 is 0 Å². The average molecular weight is 441 g/mol. The standard InChI is InChI=1S/C22H24N4O2S2/c1-15-20(30-26-25-15)14-23-13-17-11-12-29-21(22(27)24-17)16-7-9-19(10-8-16)28-18-5-3-2-4-6-18/h2-10,17,21,23H,11-14H2,1H3,(H,24,27)/t17-,21+/m0/s1. The van der Waals surface area contributed by atoms with Gasteiger partial charge in [-0.15, -0.1) is 16.9 Å². The van der Waals surface area contributed by atoms with E-state index in [4.69, 9.17) is 4.74 Å². The molecule has 1 aliphatic heterocycles. The Bertz CT molecular complexity index is 963. The highest BCUT2D eigenvalue weighted by Gasteiger charge is 2.27. The van der Waals surface area contributed by atoms with Crippen LogP contribution in [0.15, 0.2) is 54.6 Å². The molecule has 156 valence electrons. The lowest BCUT2D eigenvalue weighted by Crippen LogP contribution is -2.42. The summed E-state index contributed by atoms with van der Waals surface area (Å²) in [7, 11) is 0. The normalized spacial score (nSPS) is 19.2. The van der Waals surface area contributed by atoms with Crippen LogP contribution in [0.2, 0.25) is 0 Å². The van der Waals surface area contributed by atoms with Gasteiger partial charge in [-0.2, -0.15) is 0 Å². The number of rotatable bonds is 7. The van der Waals surface area contributed by atoms with Gasteiger partial charge in [0.05, 0.1) is 10.6 Å². The van der Waals surface area contributed by atoms with Gasteiger partial charge in [-0.1, -0.05) is 34.8 Å². The third kappa shape index (κ3) is 5.38. The van der Waals surface area contributed by atoms with Crippen LogP contribution >= 0.6 is 23.3 Å². The van der Waals surface area contributed by atoms with Gasteiger partial charge in [-0.05, 0) is 60.5 Å². The Morgan fingerprint density at radius 1 is 1.13 bits per heavy atom. The zero-order valence-electron chi connectivity index (χ0n) is 16.7. The smallest absolute Gasteiger partial charge is 0.237 e. The molecule has 0 radical (unpaired) electrons. The van der Waals surface area contributed by atoms with Gasteiger partial charge in [0.2, 0.25) is 5.91 Å². The Morgan fingerprint density at radius 2 is 1.90 bits per heavy atom. The first-order valence-electron chi connectivity index (χ1n) is 9.92. The molecule has 1 fully saturated rings. The molecule has 6 nitrogen and oxygen atoms in total. The van der Waals surface area contributed by atoms with Crippen LogP contribution in [0.25, 0.3) is 0 Å². The molecule has 2 atom stereocenters. The van der Waals surface area contributed by atoms with Crippen molar-refractivity contribution in [2.45, 2.75) is 31.2 Å². The molecule has 1 amide bonds. The van der Waals surface area contributed by atoms with Gasteiger partial charge < -0.3 is 15.4 Å². The van der Waals surface area contributed by atoms with Crippen molar-refractivity contribution in [2.24, 2.45) is 0 Å². The number of ether oxygens (including phenoxy) is 1. The van der Waals surface area contributed by atoms with Crippen LogP contribution in [-0.2, 0) is 11.3 Å². The van der Waals surface area contributed by atoms with Crippen LogP contribution in [-0.4, -0.2) is 33.8 Å². The number of carbonyl (C=O) groups excluding carboxylic acids is 1. The predicted molar refractivity (Wildman–Crippen MR) is 121 cm³/mol. The summed E-state index contributed by atoms with van der Waals surface area (Å²) in [5.74, 6) is 2.56. The lowest BCUT2D eigenvalue weighted by atomic mass is 10.1. The number of aromatic nitrogens is 2. The zero-order chi connectivity index (χ0) is 20.8. The van der Waals surface area contributed by atoms with E-state index in [1.165, 1.54) is 11.5 Å². The van der Waals surface area contributed by atoms with E-state index in [1.54, 1.807) is 11.8 Å². The maximum atomic E-state index is 12.8. The second-order valence-electron chi connectivity index (χ2n) is 7.14. The number of carbonyl (C=O) groups is 1. The van der Waals surface area contributed by atoms with Crippen molar-refractivity contribution < 1.29 is 9.53 Å². The van der Waals surface area contributed by atoms with E-state index in [2.05, 4.69) is 20.2 Å². The third-order valence-corrected chi connectivity index (χ3v) is 7.03. The summed E-state index contributed by atoms with van der Waals surface area (Å²) in [6.07, 6.45) is 0.940. The molecular formula is C22H24N4O2S2. The van der Waals surface area contributed by atoms with Gasteiger partial charge in [-0.25, -0.2) is 0 Å². The van der Waals surface area contributed by atoms with Gasteiger partial charge in [-0.3, -0.25) is 4.79 Å². The van der Waals surface area contributed by atoms with Gasteiger partial charge >= 0.3 is 0 Å². The molecule has 8 heteroatoms. The molecule has 1 saturated heterocycles. The molecule has 0 aliphatic carbocycles. The largest absolute Gasteiger partial charge is 0.457 e. The van der Waals surface area contributed by atoms with Gasteiger partial charge in [0.15, 0.2) is 0 Å². The number of aryl methyl sites for hydroxylation is 1. The molecule has 4 rings (SSSR count). The van der Waals surface area contributed by atoms with Crippen LogP contribution in [0.1, 0.15) is 27.8 Å². The second-order valence-corrected chi connectivity index (χ2v) is 9.19. The summed E-state index contributed by atoms with van der Waals surface area (Å²) in [4.78, 5) is 14.0. The highest BCUT2D eigenvalue weighted by molar-refractivity contribution is 8.00. The molecule has 2 N–H and O–H groups in total. The van der Waals surface area contributed by atoms with Crippen LogP contribution in [0, 0.1) is 6.92 Å². The predicted octanol–water partition coefficient (Wildman–Crippen LogP) is 4.09. The fourth-order valence-electron chi connectivity index (χ4n) is 3.26. The summed E-state index contributed by atoms with van der Waals surface area (Å²) in [6, 6.07) is 17.6. The lowest BCUT2D eigenvalue weighted by molar-refractivity contribution is -0.121. The highest BCUT2D eigenvalue weighted by Crippen LogP contribution is 2.33. The first-order chi connectivity index (χ1) is 14.7. The fourth-order valence-corrected chi connectivity index (χ4v) is 5.09. The van der Waals surface area contributed by atoms with Crippen LogP contribution < -0.4 is 15.4 Å². The van der Waals surface area contributed by atoms with E-state index in [0.717, 1.165) is 52.9 Å². The van der Waals surface area contributed by atoms with E-state index in [1.807, 2.05) is 61.5 Å². The number of para-hydroxylation sites is 1. The summed E-state index contributed by atoms with van der Waals surface area (Å²) < 4.78 is 9.81. The monoisotopic (exact) mass is 440 g/mol. The van der Waals surface area contributed by atoms with Gasteiger partial charge in [0, 0.05) is 19.1 Å². The Balaban J connectivity index is 1.31. The Morgan fingerprint density at radius 3 is 2.63 bits per heavy atom. The molecule has 1 aromatic heterocycles. The summed E-state index contributed by atoms with van der Waals surface area (Å²) in [5.41, 5.74) is 1.96. The molecule has 0 saturated carbocycles.